The van der Waals surface area contributed by atoms with Gasteiger partial charge in [-0.25, -0.2) is 0 Å². The Labute approximate surface area is 101 Å². The van der Waals surface area contributed by atoms with Crippen molar-refractivity contribution in [3.63, 3.8) is 0 Å². The summed E-state index contributed by atoms with van der Waals surface area (Å²) in [7, 11) is -0.150. The topological polar surface area (TPSA) is 35.5 Å². The molecular formula is C12H22O3Si. The Morgan fingerprint density at radius 1 is 1.19 bits per heavy atom. The molecule has 1 rings (SSSR count). The van der Waals surface area contributed by atoms with Gasteiger partial charge >= 0.3 is 10.0 Å². The SMILES string of the molecule is CC(C)O[Si]OC(=O)C(C)C1CCCCC1. The fraction of sp³-hybridized carbons (Fsp3) is 0.917. The Morgan fingerprint density at radius 3 is 2.38 bits per heavy atom. The monoisotopic (exact) mass is 242 g/mol. The van der Waals surface area contributed by atoms with Crippen molar-refractivity contribution in [1.29, 1.82) is 0 Å². The molecule has 0 bridgehead atoms. The van der Waals surface area contributed by atoms with Gasteiger partial charge in [-0.2, -0.15) is 0 Å². The van der Waals surface area contributed by atoms with Gasteiger partial charge in [0, 0.05) is 6.10 Å². The fourth-order valence-electron chi connectivity index (χ4n) is 2.08. The first-order valence-electron chi connectivity index (χ1n) is 6.22. The van der Waals surface area contributed by atoms with E-state index in [0.29, 0.717) is 5.92 Å². The van der Waals surface area contributed by atoms with Crippen LogP contribution in [0.5, 0.6) is 0 Å². The molecule has 16 heavy (non-hydrogen) atoms. The highest BCUT2D eigenvalue weighted by Gasteiger charge is 2.26. The van der Waals surface area contributed by atoms with E-state index < -0.39 is 0 Å². The van der Waals surface area contributed by atoms with Gasteiger partial charge in [-0.3, -0.25) is 4.79 Å². The minimum atomic E-state index is -0.150. The van der Waals surface area contributed by atoms with Gasteiger partial charge < -0.3 is 8.85 Å². The molecule has 0 aromatic rings. The summed E-state index contributed by atoms with van der Waals surface area (Å²) in [5.41, 5.74) is 0. The van der Waals surface area contributed by atoms with Crippen molar-refractivity contribution in [2.45, 2.75) is 59.0 Å². The summed E-state index contributed by atoms with van der Waals surface area (Å²) in [4.78, 5) is 11.7. The molecule has 1 aliphatic carbocycles. The lowest BCUT2D eigenvalue weighted by Gasteiger charge is -2.26. The van der Waals surface area contributed by atoms with Crippen LogP contribution >= 0.6 is 0 Å². The summed E-state index contributed by atoms with van der Waals surface area (Å²) in [6.45, 7) is 5.86. The van der Waals surface area contributed by atoms with Crippen LogP contribution in [0, 0.1) is 11.8 Å². The standard InChI is InChI=1S/C12H22O3Si/c1-9(2)14-16-15-12(13)10(3)11-7-5-4-6-8-11/h9-11H,4-8H2,1-3H3. The summed E-state index contributed by atoms with van der Waals surface area (Å²) in [5, 5.41) is 0. The summed E-state index contributed by atoms with van der Waals surface area (Å²) in [6, 6.07) is 0. The zero-order valence-electron chi connectivity index (χ0n) is 10.5. The molecule has 1 fully saturated rings. The molecule has 0 aromatic heterocycles. The smallest absolute Gasteiger partial charge is 0.490 e. The van der Waals surface area contributed by atoms with E-state index in [4.69, 9.17) is 8.85 Å². The van der Waals surface area contributed by atoms with Crippen molar-refractivity contribution < 1.29 is 13.6 Å². The summed E-state index contributed by atoms with van der Waals surface area (Å²) < 4.78 is 10.4. The summed E-state index contributed by atoms with van der Waals surface area (Å²) in [5.74, 6) is 0.458. The van der Waals surface area contributed by atoms with Crippen LogP contribution in [0.4, 0.5) is 0 Å². The Kier molecular flexibility index (Phi) is 6.06. The highest BCUT2D eigenvalue weighted by Crippen LogP contribution is 2.30. The average Bonchev–Trinajstić information content (AvgIpc) is 2.28. The van der Waals surface area contributed by atoms with Crippen molar-refractivity contribution in [3.05, 3.63) is 0 Å². The number of carbonyl (C=O) groups excluding carboxylic acids is 1. The Hall–Kier alpha value is -0.353. The van der Waals surface area contributed by atoms with E-state index in [0.717, 1.165) is 0 Å². The lowest BCUT2D eigenvalue weighted by atomic mass is 9.81. The van der Waals surface area contributed by atoms with Gasteiger partial charge in [-0.1, -0.05) is 26.2 Å². The van der Waals surface area contributed by atoms with E-state index in [1.54, 1.807) is 0 Å². The molecule has 0 saturated heterocycles. The third kappa shape index (κ3) is 4.66. The van der Waals surface area contributed by atoms with Crippen molar-refractivity contribution >= 4 is 16.0 Å². The average molecular weight is 242 g/mol. The molecule has 1 aliphatic rings. The van der Waals surface area contributed by atoms with Crippen LogP contribution in [0.25, 0.3) is 0 Å². The molecular weight excluding hydrogens is 220 g/mol. The molecule has 4 heteroatoms. The van der Waals surface area contributed by atoms with E-state index in [2.05, 4.69) is 0 Å². The van der Waals surface area contributed by atoms with Crippen LogP contribution in [0.15, 0.2) is 0 Å². The molecule has 0 amide bonds. The Balaban J connectivity index is 2.23. The molecule has 1 unspecified atom stereocenters. The first kappa shape index (κ1) is 13.7. The third-order valence-corrected chi connectivity index (χ3v) is 4.01. The second-order valence-corrected chi connectivity index (χ2v) is 5.46. The maximum atomic E-state index is 11.7. The van der Waals surface area contributed by atoms with E-state index >= 15 is 0 Å². The van der Waals surface area contributed by atoms with Crippen molar-refractivity contribution in [1.82, 2.24) is 0 Å². The maximum absolute atomic E-state index is 11.7. The molecule has 0 N–H and O–H groups in total. The predicted octanol–water partition coefficient (Wildman–Crippen LogP) is 2.71. The number of carbonyl (C=O) groups is 1. The van der Waals surface area contributed by atoms with Crippen molar-refractivity contribution in [2.75, 3.05) is 0 Å². The third-order valence-electron chi connectivity index (χ3n) is 3.15. The molecule has 0 spiro atoms. The summed E-state index contributed by atoms with van der Waals surface area (Å²) in [6.07, 6.45) is 6.29. The molecule has 92 valence electrons. The first-order valence-corrected chi connectivity index (χ1v) is 7.04. The first-order chi connectivity index (χ1) is 7.61. The van der Waals surface area contributed by atoms with E-state index in [1.807, 2.05) is 20.8 Å². The van der Waals surface area contributed by atoms with Gasteiger partial charge in [-0.15, -0.1) is 0 Å². The lowest BCUT2D eigenvalue weighted by molar-refractivity contribution is -0.141. The Bertz CT molecular complexity index is 212. The van der Waals surface area contributed by atoms with Crippen molar-refractivity contribution in [3.8, 4) is 0 Å². The number of hydrogen-bond donors (Lipinski definition) is 0. The normalized spacial score (nSPS) is 19.8. The van der Waals surface area contributed by atoms with Crippen LogP contribution in [-0.4, -0.2) is 22.1 Å². The molecule has 0 heterocycles. The van der Waals surface area contributed by atoms with Crippen LogP contribution in [0.2, 0.25) is 0 Å². The van der Waals surface area contributed by atoms with Gasteiger partial charge in [0.05, 0.1) is 5.92 Å². The van der Waals surface area contributed by atoms with Crippen LogP contribution in [0.3, 0.4) is 0 Å². The summed E-state index contributed by atoms with van der Waals surface area (Å²) >= 11 is 0. The van der Waals surface area contributed by atoms with Crippen LogP contribution in [-0.2, 0) is 13.6 Å². The fourth-order valence-corrected chi connectivity index (χ4v) is 2.59. The minimum absolute atomic E-state index is 0.0311. The molecule has 0 aromatic carbocycles. The zero-order chi connectivity index (χ0) is 12.0. The van der Waals surface area contributed by atoms with Crippen molar-refractivity contribution in [2.24, 2.45) is 11.8 Å². The molecule has 1 saturated carbocycles. The van der Waals surface area contributed by atoms with E-state index in [-0.39, 0.29) is 28.0 Å². The van der Waals surface area contributed by atoms with Crippen LogP contribution in [0.1, 0.15) is 52.9 Å². The largest absolute Gasteiger partial charge is 0.523 e. The molecule has 3 nitrogen and oxygen atoms in total. The maximum Gasteiger partial charge on any atom is 0.523 e. The second kappa shape index (κ2) is 7.07. The number of hydrogen-bond acceptors (Lipinski definition) is 3. The molecule has 0 aliphatic heterocycles. The molecule has 1 atom stereocenters. The van der Waals surface area contributed by atoms with Gasteiger partial charge in [-0.05, 0) is 32.6 Å². The predicted molar refractivity (Wildman–Crippen MR) is 63.8 cm³/mol. The second-order valence-electron chi connectivity index (χ2n) is 4.86. The van der Waals surface area contributed by atoms with Gasteiger partial charge in [0.15, 0.2) is 0 Å². The van der Waals surface area contributed by atoms with Crippen LogP contribution < -0.4 is 0 Å². The Morgan fingerprint density at radius 2 is 1.81 bits per heavy atom. The van der Waals surface area contributed by atoms with Gasteiger partial charge in [0.1, 0.15) is 0 Å². The minimum Gasteiger partial charge on any atom is -0.490 e. The van der Waals surface area contributed by atoms with E-state index in [1.165, 1.54) is 32.1 Å². The quantitative estimate of drug-likeness (QED) is 0.695. The van der Waals surface area contributed by atoms with Gasteiger partial charge in [0.2, 0.25) is 0 Å². The van der Waals surface area contributed by atoms with E-state index in [9.17, 15) is 4.79 Å². The molecule has 2 radical (unpaired) electrons. The lowest BCUT2D eigenvalue weighted by Crippen LogP contribution is -2.27. The number of rotatable bonds is 5. The zero-order valence-corrected chi connectivity index (χ0v) is 11.5. The highest BCUT2D eigenvalue weighted by atomic mass is 28.3. The van der Waals surface area contributed by atoms with Gasteiger partial charge in [0.25, 0.3) is 5.97 Å². The highest BCUT2D eigenvalue weighted by molar-refractivity contribution is 6.22.